The van der Waals surface area contributed by atoms with Gasteiger partial charge in [0.05, 0.1) is 24.5 Å². The first kappa shape index (κ1) is 111. The topological polar surface area (TPSA) is 663 Å². The maximum absolute atomic E-state index is 14.3. The zero-order valence-electron chi connectivity index (χ0n) is 75.8. The summed E-state index contributed by atoms with van der Waals surface area (Å²) in [7, 11) is 0. The van der Waals surface area contributed by atoms with Crippen molar-refractivity contribution in [3.63, 3.8) is 0 Å². The second-order valence-corrected chi connectivity index (χ2v) is 34.0. The maximum Gasteiger partial charge on any atom is 0.304 e. The van der Waals surface area contributed by atoms with E-state index in [1.165, 1.54) is 183 Å². The van der Waals surface area contributed by atoms with Crippen LogP contribution >= 0.6 is 0 Å². The van der Waals surface area contributed by atoms with Crippen LogP contribution in [0.1, 0.15) is 128 Å². The van der Waals surface area contributed by atoms with Crippen LogP contribution in [0.2, 0.25) is 0 Å². The van der Waals surface area contributed by atoms with Crippen molar-refractivity contribution in [2.75, 3.05) is 6.54 Å². The summed E-state index contributed by atoms with van der Waals surface area (Å²) >= 11 is 0. The summed E-state index contributed by atoms with van der Waals surface area (Å²) in [6.45, 7) is 1.30. The van der Waals surface area contributed by atoms with Gasteiger partial charge in [0.25, 0.3) is 0 Å². The van der Waals surface area contributed by atoms with E-state index in [9.17, 15) is 131 Å². The number of nitrogens with one attached hydrogen (secondary N) is 2. The number of guanidine groups is 1. The molecule has 9 rings (SSSR count). The van der Waals surface area contributed by atoms with E-state index in [1.54, 1.807) is 12.1 Å². The molecule has 0 saturated heterocycles. The number of rotatable bonds is 52. The summed E-state index contributed by atoms with van der Waals surface area (Å²) in [5.74, 6) is -20.7. The summed E-state index contributed by atoms with van der Waals surface area (Å²) in [5, 5.41) is 112. The number of phenols is 10. The van der Waals surface area contributed by atoms with E-state index in [2.05, 4.69) is 15.6 Å². The minimum atomic E-state index is -1.32. The molecule has 34 nitrogen and oxygen atoms in total. The predicted molar refractivity (Wildman–Crippen MR) is 500 cm³/mol. The van der Waals surface area contributed by atoms with Gasteiger partial charge in [-0.15, -0.1) is 0 Å². The number of carboxylic acid groups (broad SMARTS) is 1. The number of hydrogen-bond donors (Lipinski definition) is 20. The Morgan fingerprint density at radius 3 is 1.06 bits per heavy atom. The summed E-state index contributed by atoms with van der Waals surface area (Å²) < 4.78 is 55.5. The highest BCUT2D eigenvalue weighted by molar-refractivity contribution is 5.98. The lowest BCUT2D eigenvalue weighted by molar-refractivity contribution is -0.141. The Balaban J connectivity index is 0.000000295. The average Bonchev–Trinajstić information content (AvgIpc) is 0.844. The lowest BCUT2D eigenvalue weighted by atomic mass is 9.79. The van der Waals surface area contributed by atoms with E-state index >= 15 is 0 Å². The lowest BCUT2D eigenvalue weighted by Gasteiger charge is -2.24. The first-order chi connectivity index (χ1) is 65.7. The molecule has 0 fully saturated rings. The molecule has 0 radical (unpaired) electrons. The molecular weight excluding hydrogens is 1810 g/mol. The number of carbonyl (C=O) groups excluding carboxylic acids is 12. The van der Waals surface area contributed by atoms with Crippen molar-refractivity contribution < 1.29 is 136 Å². The van der Waals surface area contributed by atoms with Crippen LogP contribution in [-0.2, 0) is 120 Å². The van der Waals surface area contributed by atoms with Crippen molar-refractivity contribution in [1.29, 1.82) is 0 Å². The molecule has 740 valence electrons. The molecule has 38 heteroatoms. The summed E-state index contributed by atoms with van der Waals surface area (Å²) in [5.41, 5.74) is 43.9. The SMILES string of the molecule is CC(=O)C(CC(=O)O)CC(=O)CCC(=O)C(CCCN=C(N)N)CC(=O)C(CC(=O)C(CC(=O)C(N)Cc1ccc(F)cc1)Cc1ccc(F)cc1)Cc1ccc(O)c(O)c1.NC(=O)C(CC(=O)C(CC(=O)C(N)Cc1ccccc1F)Cc1ccc(O)c(O)c1)Cc1ccc(O)c(O)c1.NC(=O)C(Cc1ccccc1F)NC(=O)C(Cc1ccc(O)c(O)c1)NC(=O)C(N)Cc1ccc(O)c(O)c1. The summed E-state index contributed by atoms with van der Waals surface area (Å²) in [6.07, 6.45) is -3.53. The van der Waals surface area contributed by atoms with Gasteiger partial charge in [0, 0.05) is 106 Å². The fraction of sp³-hybridized carbons (Fsp3) is 0.327. The van der Waals surface area contributed by atoms with Crippen LogP contribution in [0.3, 0.4) is 0 Å². The van der Waals surface area contributed by atoms with E-state index in [4.69, 9.17) is 45.2 Å². The van der Waals surface area contributed by atoms with Crippen molar-refractivity contribution in [1.82, 2.24) is 10.6 Å². The summed E-state index contributed by atoms with van der Waals surface area (Å²) in [6, 6.07) is 36.1. The van der Waals surface area contributed by atoms with Crippen LogP contribution in [0, 0.1) is 58.8 Å². The van der Waals surface area contributed by atoms with Crippen molar-refractivity contribution in [3.8, 4) is 57.5 Å². The van der Waals surface area contributed by atoms with Gasteiger partial charge in [-0.1, -0.05) is 91.0 Å². The number of aliphatic imine (C=N–C) groups is 1. The number of nitrogens with zero attached hydrogens (tertiary/aromatic N) is 1. The highest BCUT2D eigenvalue weighted by Crippen LogP contribution is 2.35. The van der Waals surface area contributed by atoms with Crippen molar-refractivity contribution in [2.24, 2.45) is 80.6 Å². The molecule has 0 aromatic heterocycles. The first-order valence-electron chi connectivity index (χ1n) is 44.1. The Morgan fingerprint density at radius 1 is 0.324 bits per heavy atom. The fourth-order valence-electron chi connectivity index (χ4n) is 15.2. The van der Waals surface area contributed by atoms with Gasteiger partial charge in [0.15, 0.2) is 75.0 Å². The monoisotopic (exact) mass is 1930 g/mol. The van der Waals surface area contributed by atoms with Crippen LogP contribution in [0.4, 0.5) is 17.6 Å². The maximum atomic E-state index is 14.3. The molecule has 139 heavy (non-hydrogen) atoms. The van der Waals surface area contributed by atoms with Crippen LogP contribution in [0.25, 0.3) is 0 Å². The van der Waals surface area contributed by atoms with E-state index in [-0.39, 0.29) is 168 Å². The third-order valence-electron chi connectivity index (χ3n) is 23.1. The fourth-order valence-corrected chi connectivity index (χ4v) is 15.2. The molecule has 9 aromatic rings. The quantitative estimate of drug-likeness (QED) is 0.00573. The minimum Gasteiger partial charge on any atom is -0.504 e. The second-order valence-electron chi connectivity index (χ2n) is 34.0. The molecule has 0 aliphatic rings. The van der Waals surface area contributed by atoms with Gasteiger partial charge < -0.3 is 107 Å². The normalized spacial score (nSPS) is 13.4. The number of nitrogens with two attached hydrogens (primary N) is 7. The Morgan fingerprint density at radius 2 is 0.669 bits per heavy atom. The van der Waals surface area contributed by atoms with E-state index < -0.39 is 206 Å². The van der Waals surface area contributed by atoms with Gasteiger partial charge in [-0.25, -0.2) is 17.6 Å². The average molecular weight is 1930 g/mol. The minimum absolute atomic E-state index is 0.00236. The Hall–Kier alpha value is -15.4. The number of Topliss-reactive ketones (excluding diaryl/α,β-unsaturated/α-hetero) is 8. The largest absolute Gasteiger partial charge is 0.504 e. The first-order valence-corrected chi connectivity index (χ1v) is 44.1. The van der Waals surface area contributed by atoms with Crippen molar-refractivity contribution in [3.05, 3.63) is 261 Å². The number of benzene rings is 9. The summed E-state index contributed by atoms with van der Waals surface area (Å²) in [4.78, 5) is 173. The van der Waals surface area contributed by atoms with Crippen molar-refractivity contribution >= 4 is 81.8 Å². The van der Waals surface area contributed by atoms with Gasteiger partial charge in [-0.2, -0.15) is 0 Å². The van der Waals surface area contributed by atoms with E-state index in [0.717, 1.165) is 0 Å². The lowest BCUT2D eigenvalue weighted by Crippen LogP contribution is -2.56. The Kier molecular flexibility index (Phi) is 42.8. The van der Waals surface area contributed by atoms with Gasteiger partial charge in [0.2, 0.25) is 23.6 Å². The zero-order valence-corrected chi connectivity index (χ0v) is 75.8. The number of carboxylic acids is 1. The molecule has 0 spiro atoms. The van der Waals surface area contributed by atoms with Crippen LogP contribution in [0.5, 0.6) is 57.5 Å². The third-order valence-corrected chi connectivity index (χ3v) is 23.1. The van der Waals surface area contributed by atoms with E-state index in [0.29, 0.717) is 38.9 Å². The number of carbonyl (C=O) groups is 13. The smallest absolute Gasteiger partial charge is 0.304 e. The highest BCUT2D eigenvalue weighted by Gasteiger charge is 2.36. The van der Waals surface area contributed by atoms with Crippen LogP contribution in [0.15, 0.2) is 193 Å². The molecule has 0 aliphatic carbocycles. The van der Waals surface area contributed by atoms with Crippen LogP contribution in [-0.4, -0.2) is 175 Å². The van der Waals surface area contributed by atoms with Gasteiger partial charge in [-0.3, -0.25) is 67.3 Å². The molecule has 0 saturated carbocycles. The molecule has 4 amide bonds. The molecule has 27 N–H and O–H groups in total. The zero-order chi connectivity index (χ0) is 103. The third kappa shape index (κ3) is 37.0. The number of halogens is 4. The molecule has 11 unspecified atom stereocenters. The number of primary amides is 2. The molecule has 0 aliphatic heterocycles. The molecule has 0 heterocycles. The standard InChI is InChI=1S/C45H54F2N4O10.C29H31FN2O7.C27H29FN4O7/c1-26(52)31(25-44(60)61)21-36(53)13-15-38(54)30(3-2-16-51-45(49)50)22-40(56)33(18-29-8-14-39(55)43(59)20-29)23-41(57)32(17-27-4-9-34(46)10-5-27)24-42(58)37(48)19-28-6-11-35(47)12-7-28;30-21-4-2-1-3-18(21)13-22(31)26(36)14-19(9-16-5-7-23(33)27(37)11-16)25(35)15-20(29(32)39)10-17-6-8-24(34)28(38)12-17;28-17-4-2-1-3-16(17)13-19(25(30)37)31-27(39)20(10-15-6-8-22(34)24(36)12-15)32-26(38)18(29)9-14-5-7-21(33)23(35)11-14/h4-12,14,20,30-33,37,55,59H,2-3,13,15-19,21-25,48H2,1H3,(H,60,61)(H4,49,50,51);1-8,11-12,19-20,22,33-34,37-38H,9-10,13-15,31H2,(H2,32,39);1-8,11-12,18-20,33-36H,9-10,13,29H2,(H2,30,37)(H,31,39)(H,32,38). The number of aromatic hydroxyl groups is 10. The number of amides is 4. The van der Waals surface area contributed by atoms with Crippen molar-refractivity contribution in [2.45, 2.75) is 166 Å². The number of hydrogen-bond acceptors (Lipinski definition) is 27. The molecule has 9 aromatic carbocycles. The Labute approximate surface area is 796 Å². The number of ketones is 8. The van der Waals surface area contributed by atoms with E-state index in [1.807, 2.05) is 0 Å². The molecule has 0 bridgehead atoms. The number of aliphatic carboxylic acids is 1. The Bertz CT molecular complexity index is 5830. The number of phenolic OH excluding ortho intramolecular Hbond substituents is 10. The van der Waals surface area contributed by atoms with Gasteiger partial charge >= 0.3 is 5.97 Å². The highest BCUT2D eigenvalue weighted by atomic mass is 19.1. The van der Waals surface area contributed by atoms with Gasteiger partial charge in [0.1, 0.15) is 70.1 Å². The second kappa shape index (κ2) is 53.7. The molecule has 11 atom stereocenters. The van der Waals surface area contributed by atoms with Gasteiger partial charge in [-0.05, 0) is 212 Å². The predicted octanol–water partition coefficient (Wildman–Crippen LogP) is 7.60. The molecular formula is C101H114F4N10O24. The van der Waals surface area contributed by atoms with Crippen LogP contribution < -0.4 is 50.8 Å².